The number of nitrogens with zero attached hydrogens (tertiary/aromatic N) is 1. The summed E-state index contributed by atoms with van der Waals surface area (Å²) in [6, 6.07) is 17.0. The van der Waals surface area contributed by atoms with Crippen molar-refractivity contribution in [2.24, 2.45) is 5.92 Å². The van der Waals surface area contributed by atoms with Gasteiger partial charge in [-0.05, 0) is 48.6 Å². The van der Waals surface area contributed by atoms with Gasteiger partial charge >= 0.3 is 0 Å². The fourth-order valence-corrected chi connectivity index (χ4v) is 3.59. The van der Waals surface area contributed by atoms with Gasteiger partial charge in [0.15, 0.2) is 0 Å². The molecule has 2 aromatic rings. The molecular weight excluding hydrogens is 296 g/mol. The van der Waals surface area contributed by atoms with Crippen molar-refractivity contribution in [3.8, 4) is 0 Å². The van der Waals surface area contributed by atoms with Crippen molar-refractivity contribution in [3.05, 3.63) is 70.8 Å². The molecule has 0 radical (unpaired) electrons. The third kappa shape index (κ3) is 3.85. The molecule has 0 unspecified atom stereocenters. The molecule has 0 bridgehead atoms. The van der Waals surface area contributed by atoms with Crippen LogP contribution < -0.4 is 5.32 Å². The molecule has 0 saturated carbocycles. The molecule has 0 saturated heterocycles. The van der Waals surface area contributed by atoms with Crippen LogP contribution in [0.3, 0.4) is 0 Å². The minimum atomic E-state index is 0.155. The molecule has 3 heteroatoms. The van der Waals surface area contributed by atoms with Crippen LogP contribution in [-0.4, -0.2) is 31.4 Å². The van der Waals surface area contributed by atoms with Gasteiger partial charge in [0.05, 0.1) is 0 Å². The Morgan fingerprint density at radius 2 is 1.50 bits per heavy atom. The number of carbonyl (C=O) groups is 1. The van der Waals surface area contributed by atoms with Crippen molar-refractivity contribution >= 4 is 5.91 Å². The second-order valence-electron chi connectivity index (χ2n) is 6.74. The predicted molar refractivity (Wildman–Crippen MR) is 97.9 cm³/mol. The maximum absolute atomic E-state index is 11.4. The highest BCUT2D eigenvalue weighted by Gasteiger charge is 2.25. The molecule has 126 valence electrons. The first-order chi connectivity index (χ1) is 11.7. The van der Waals surface area contributed by atoms with Crippen molar-refractivity contribution < 1.29 is 4.79 Å². The molecule has 0 fully saturated rings. The van der Waals surface area contributed by atoms with E-state index in [0.717, 1.165) is 19.4 Å². The lowest BCUT2D eigenvalue weighted by Gasteiger charge is -2.24. The maximum Gasteiger partial charge on any atom is 0.223 e. The first-order valence-corrected chi connectivity index (χ1v) is 8.71. The van der Waals surface area contributed by atoms with Crippen LogP contribution in [0.15, 0.2) is 48.5 Å². The van der Waals surface area contributed by atoms with Crippen LogP contribution in [0.2, 0.25) is 0 Å². The molecule has 3 nitrogen and oxygen atoms in total. The Bertz CT molecular complexity index is 685. The van der Waals surface area contributed by atoms with Gasteiger partial charge in [-0.3, -0.25) is 4.79 Å². The fourth-order valence-electron chi connectivity index (χ4n) is 3.59. The number of carbonyl (C=O) groups excluding carboxylic acids is 1. The van der Waals surface area contributed by atoms with Gasteiger partial charge in [-0.2, -0.15) is 0 Å². The van der Waals surface area contributed by atoms with Crippen LogP contribution in [0.5, 0.6) is 0 Å². The van der Waals surface area contributed by atoms with E-state index in [2.05, 4.69) is 53.7 Å². The topological polar surface area (TPSA) is 32.3 Å². The number of likely N-dealkylation sites (N-methyl/N-ethyl adjacent to an activating group) is 1. The summed E-state index contributed by atoms with van der Waals surface area (Å²) in [5, 5.41) is 2.70. The molecule has 24 heavy (non-hydrogen) atoms. The molecule has 1 aliphatic heterocycles. The Morgan fingerprint density at radius 3 is 2.08 bits per heavy atom. The van der Waals surface area contributed by atoms with Crippen molar-refractivity contribution in [2.45, 2.75) is 25.8 Å². The summed E-state index contributed by atoms with van der Waals surface area (Å²) in [4.78, 5) is 13.7. The number of hydrogen-bond donors (Lipinski definition) is 1. The van der Waals surface area contributed by atoms with Gasteiger partial charge in [0.2, 0.25) is 5.91 Å². The van der Waals surface area contributed by atoms with E-state index in [4.69, 9.17) is 0 Å². The quantitative estimate of drug-likeness (QED) is 0.875. The summed E-state index contributed by atoms with van der Waals surface area (Å²) in [6.45, 7) is 2.33. The maximum atomic E-state index is 11.4. The van der Waals surface area contributed by atoms with E-state index in [1.807, 2.05) is 12.1 Å². The average Bonchev–Trinajstić information content (AvgIpc) is 3.05. The summed E-state index contributed by atoms with van der Waals surface area (Å²) < 4.78 is 0. The van der Waals surface area contributed by atoms with E-state index in [1.165, 1.54) is 35.2 Å². The Morgan fingerprint density at radius 1 is 0.958 bits per heavy atom. The third-order valence-electron chi connectivity index (χ3n) is 4.99. The van der Waals surface area contributed by atoms with Gasteiger partial charge in [-0.1, -0.05) is 48.5 Å². The highest BCUT2D eigenvalue weighted by Crippen LogP contribution is 2.26. The molecule has 4 rings (SSSR count). The second kappa shape index (κ2) is 7.63. The van der Waals surface area contributed by atoms with E-state index in [9.17, 15) is 4.79 Å². The molecule has 1 N–H and O–H groups in total. The molecule has 1 amide bonds. The Balaban J connectivity index is 0.000000143. The van der Waals surface area contributed by atoms with Gasteiger partial charge in [-0.15, -0.1) is 0 Å². The summed E-state index contributed by atoms with van der Waals surface area (Å²) in [5.41, 5.74) is 5.69. The lowest BCUT2D eigenvalue weighted by Crippen LogP contribution is -2.27. The van der Waals surface area contributed by atoms with Crippen LogP contribution in [0.1, 0.15) is 22.3 Å². The number of fused-ring (bicyclic) bond motifs is 2. The van der Waals surface area contributed by atoms with E-state index in [-0.39, 0.29) is 11.8 Å². The normalized spacial score (nSPS) is 16.6. The fraction of sp³-hybridized carbons (Fsp3) is 0.381. The third-order valence-corrected chi connectivity index (χ3v) is 4.99. The lowest BCUT2D eigenvalue weighted by molar-refractivity contribution is -0.124. The van der Waals surface area contributed by atoms with Crippen LogP contribution in [0.4, 0.5) is 0 Å². The van der Waals surface area contributed by atoms with E-state index in [1.54, 1.807) is 7.05 Å². The van der Waals surface area contributed by atoms with Gasteiger partial charge < -0.3 is 10.2 Å². The minimum Gasteiger partial charge on any atom is -0.359 e. The summed E-state index contributed by atoms with van der Waals surface area (Å²) >= 11 is 0. The number of hydrogen-bond acceptors (Lipinski definition) is 2. The van der Waals surface area contributed by atoms with Gasteiger partial charge in [-0.25, -0.2) is 0 Å². The van der Waals surface area contributed by atoms with Crippen molar-refractivity contribution in [1.29, 1.82) is 0 Å². The van der Waals surface area contributed by atoms with Crippen LogP contribution in [0, 0.1) is 5.92 Å². The van der Waals surface area contributed by atoms with Crippen molar-refractivity contribution in [2.75, 3.05) is 20.6 Å². The smallest absolute Gasteiger partial charge is 0.223 e. The SMILES string of the molecule is CN1CCc2ccccc2C1.CNC(=O)C1Cc2ccccc2C1. The monoisotopic (exact) mass is 322 g/mol. The summed E-state index contributed by atoms with van der Waals surface area (Å²) in [6.07, 6.45) is 3.01. The Labute approximate surface area is 144 Å². The second-order valence-corrected chi connectivity index (χ2v) is 6.74. The van der Waals surface area contributed by atoms with Crippen LogP contribution in [0.25, 0.3) is 0 Å². The van der Waals surface area contributed by atoms with Crippen LogP contribution >= 0.6 is 0 Å². The summed E-state index contributed by atoms with van der Waals surface area (Å²) in [7, 11) is 3.88. The zero-order chi connectivity index (χ0) is 16.9. The van der Waals surface area contributed by atoms with Crippen molar-refractivity contribution in [3.63, 3.8) is 0 Å². The standard InChI is InChI=1S/C11H13NO.C10H13N/c1-12-11(13)10-6-8-4-2-3-5-9(8)7-10;1-11-7-6-9-4-2-3-5-10(9)8-11/h2-5,10H,6-7H2,1H3,(H,12,13);2-5H,6-8H2,1H3. The Hall–Kier alpha value is -2.13. The molecular formula is C21H26N2O. The predicted octanol–water partition coefficient (Wildman–Crippen LogP) is 2.82. The molecule has 0 atom stereocenters. The van der Waals surface area contributed by atoms with E-state index >= 15 is 0 Å². The summed E-state index contributed by atoms with van der Waals surface area (Å²) in [5.74, 6) is 0.318. The highest BCUT2D eigenvalue weighted by atomic mass is 16.1. The molecule has 0 spiro atoms. The molecule has 2 aromatic carbocycles. The largest absolute Gasteiger partial charge is 0.359 e. The first-order valence-electron chi connectivity index (χ1n) is 8.71. The minimum absolute atomic E-state index is 0.155. The van der Waals surface area contributed by atoms with E-state index < -0.39 is 0 Å². The zero-order valence-electron chi connectivity index (χ0n) is 14.6. The first kappa shape index (κ1) is 16.7. The number of rotatable bonds is 1. The number of benzene rings is 2. The molecule has 2 aliphatic rings. The van der Waals surface area contributed by atoms with Gasteiger partial charge in [0.25, 0.3) is 0 Å². The van der Waals surface area contributed by atoms with Gasteiger partial charge in [0.1, 0.15) is 0 Å². The average molecular weight is 322 g/mol. The molecule has 1 aliphatic carbocycles. The Kier molecular flexibility index (Phi) is 5.31. The molecule has 1 heterocycles. The van der Waals surface area contributed by atoms with Gasteiger partial charge in [0, 0.05) is 26.1 Å². The van der Waals surface area contributed by atoms with E-state index in [0.29, 0.717) is 0 Å². The molecule has 0 aromatic heterocycles. The van der Waals surface area contributed by atoms with Crippen LogP contribution in [-0.2, 0) is 30.6 Å². The zero-order valence-corrected chi connectivity index (χ0v) is 14.6. The number of amides is 1. The highest BCUT2D eigenvalue weighted by molar-refractivity contribution is 5.79. The lowest BCUT2D eigenvalue weighted by atomic mass is 10.0. The van der Waals surface area contributed by atoms with Crippen molar-refractivity contribution in [1.82, 2.24) is 10.2 Å². The number of nitrogens with one attached hydrogen (secondary N) is 1.